The van der Waals surface area contributed by atoms with Crippen molar-refractivity contribution in [2.75, 3.05) is 0 Å². The van der Waals surface area contributed by atoms with Gasteiger partial charge in [-0.15, -0.1) is 5.10 Å². The summed E-state index contributed by atoms with van der Waals surface area (Å²) < 4.78 is 15.0. The smallest absolute Gasteiger partial charge is 0.311 e. The first-order chi connectivity index (χ1) is 9.52. The van der Waals surface area contributed by atoms with Gasteiger partial charge in [-0.2, -0.15) is 0 Å². The van der Waals surface area contributed by atoms with Crippen molar-refractivity contribution in [1.82, 2.24) is 20.2 Å². The first kappa shape index (κ1) is 13.2. The van der Waals surface area contributed by atoms with Crippen molar-refractivity contribution in [3.05, 3.63) is 28.5 Å². The maximum atomic E-state index is 13.2. The molecule has 0 amide bonds. The average Bonchev–Trinajstić information content (AvgIpc) is 3.05. The van der Waals surface area contributed by atoms with Gasteiger partial charge in [0.1, 0.15) is 5.82 Å². The predicted octanol–water partition coefficient (Wildman–Crippen LogP) is 2.11. The van der Waals surface area contributed by atoms with Crippen molar-refractivity contribution >= 4 is 21.9 Å². The number of aliphatic carboxylic acids is 1. The van der Waals surface area contributed by atoms with Crippen LogP contribution < -0.4 is 0 Å². The zero-order chi connectivity index (χ0) is 14.3. The van der Waals surface area contributed by atoms with Crippen molar-refractivity contribution in [3.8, 4) is 11.4 Å². The number of rotatable bonds is 4. The Morgan fingerprint density at radius 1 is 1.50 bits per heavy atom. The first-order valence-corrected chi connectivity index (χ1v) is 6.76. The third-order valence-electron chi connectivity index (χ3n) is 3.47. The monoisotopic (exact) mass is 340 g/mol. The number of carbonyl (C=O) groups is 1. The molecule has 1 saturated carbocycles. The van der Waals surface area contributed by atoms with Crippen molar-refractivity contribution < 1.29 is 14.3 Å². The van der Waals surface area contributed by atoms with E-state index in [-0.39, 0.29) is 12.4 Å². The largest absolute Gasteiger partial charge is 0.481 e. The molecule has 1 aliphatic rings. The molecule has 2 aromatic rings. The minimum atomic E-state index is -0.834. The molecule has 1 aliphatic carbocycles. The molecular formula is C12H10BrFN4O2. The van der Waals surface area contributed by atoms with E-state index in [2.05, 4.69) is 31.5 Å². The van der Waals surface area contributed by atoms with Crippen LogP contribution in [0.3, 0.4) is 0 Å². The van der Waals surface area contributed by atoms with Crippen LogP contribution in [0.25, 0.3) is 11.4 Å². The molecule has 1 aromatic carbocycles. The summed E-state index contributed by atoms with van der Waals surface area (Å²) in [5, 5.41) is 20.5. The molecular weight excluding hydrogens is 331 g/mol. The molecule has 0 atom stereocenters. The van der Waals surface area contributed by atoms with Gasteiger partial charge in [-0.25, -0.2) is 9.07 Å². The second kappa shape index (κ2) is 4.62. The molecule has 0 bridgehead atoms. The van der Waals surface area contributed by atoms with Crippen molar-refractivity contribution in [2.45, 2.75) is 19.4 Å². The van der Waals surface area contributed by atoms with Crippen LogP contribution in [-0.4, -0.2) is 31.3 Å². The lowest BCUT2D eigenvalue weighted by Gasteiger charge is -2.10. The van der Waals surface area contributed by atoms with Crippen LogP contribution in [0.4, 0.5) is 4.39 Å². The van der Waals surface area contributed by atoms with Crippen LogP contribution in [0.15, 0.2) is 22.7 Å². The van der Waals surface area contributed by atoms with Gasteiger partial charge >= 0.3 is 5.97 Å². The third kappa shape index (κ3) is 2.20. The van der Waals surface area contributed by atoms with E-state index in [1.807, 2.05) is 0 Å². The summed E-state index contributed by atoms with van der Waals surface area (Å²) in [6, 6.07) is 4.43. The Bertz CT molecular complexity index is 684. The Balaban J connectivity index is 1.94. The fourth-order valence-corrected chi connectivity index (χ4v) is 2.41. The van der Waals surface area contributed by atoms with E-state index < -0.39 is 11.4 Å². The van der Waals surface area contributed by atoms with Crippen LogP contribution in [0.1, 0.15) is 12.8 Å². The molecule has 6 nitrogen and oxygen atoms in total. The van der Waals surface area contributed by atoms with Crippen LogP contribution in [-0.2, 0) is 11.3 Å². The average molecular weight is 341 g/mol. The minimum Gasteiger partial charge on any atom is -0.481 e. The summed E-state index contributed by atoms with van der Waals surface area (Å²) in [5.41, 5.74) is -0.133. The quantitative estimate of drug-likeness (QED) is 0.921. The standard InChI is InChI=1S/C12H10BrFN4O2/c13-8-5-7(1-2-9(8)14)10-15-16-17-18(10)6-12(3-4-12)11(19)20/h1-2,5H,3-4,6H2,(H,19,20). The molecule has 1 N–H and O–H groups in total. The first-order valence-electron chi connectivity index (χ1n) is 5.97. The van der Waals surface area contributed by atoms with Gasteiger partial charge < -0.3 is 5.11 Å². The molecule has 0 radical (unpaired) electrons. The van der Waals surface area contributed by atoms with E-state index in [0.717, 1.165) is 0 Å². The second-order valence-electron chi connectivity index (χ2n) is 4.87. The van der Waals surface area contributed by atoms with Crippen molar-refractivity contribution in [3.63, 3.8) is 0 Å². The summed E-state index contributed by atoms with van der Waals surface area (Å²) >= 11 is 3.11. The molecule has 8 heteroatoms. The zero-order valence-corrected chi connectivity index (χ0v) is 11.8. The van der Waals surface area contributed by atoms with Gasteiger partial charge in [-0.1, -0.05) is 0 Å². The highest BCUT2D eigenvalue weighted by molar-refractivity contribution is 9.10. The van der Waals surface area contributed by atoms with Gasteiger partial charge in [-0.3, -0.25) is 4.79 Å². The highest BCUT2D eigenvalue weighted by Gasteiger charge is 2.51. The van der Waals surface area contributed by atoms with Crippen LogP contribution in [0, 0.1) is 11.2 Å². The Morgan fingerprint density at radius 3 is 2.85 bits per heavy atom. The summed E-state index contributed by atoms with van der Waals surface area (Å²) in [6.07, 6.45) is 1.24. The maximum Gasteiger partial charge on any atom is 0.311 e. The summed E-state index contributed by atoms with van der Waals surface area (Å²) in [7, 11) is 0. The van der Waals surface area contributed by atoms with Gasteiger partial charge in [0, 0.05) is 5.56 Å². The van der Waals surface area contributed by atoms with Crippen LogP contribution in [0.2, 0.25) is 0 Å². The number of hydrogen-bond donors (Lipinski definition) is 1. The van der Waals surface area contributed by atoms with Crippen molar-refractivity contribution in [2.24, 2.45) is 5.41 Å². The SMILES string of the molecule is O=C(O)C1(Cn2nnnc2-c2ccc(F)c(Br)c2)CC1. The highest BCUT2D eigenvalue weighted by atomic mass is 79.9. The van der Waals surface area contributed by atoms with Gasteiger partial charge in [0.05, 0.1) is 16.4 Å². The molecule has 0 aliphatic heterocycles. The van der Waals surface area contributed by atoms with E-state index in [9.17, 15) is 14.3 Å². The number of carboxylic acid groups (broad SMARTS) is 1. The molecule has 1 heterocycles. The molecule has 3 rings (SSSR count). The number of tetrazole rings is 1. The lowest BCUT2D eigenvalue weighted by molar-refractivity contribution is -0.144. The van der Waals surface area contributed by atoms with E-state index in [1.54, 1.807) is 12.1 Å². The second-order valence-corrected chi connectivity index (χ2v) is 5.73. The number of hydrogen-bond acceptors (Lipinski definition) is 4. The zero-order valence-electron chi connectivity index (χ0n) is 10.3. The Morgan fingerprint density at radius 2 is 2.25 bits per heavy atom. The summed E-state index contributed by atoms with van der Waals surface area (Å²) in [5.74, 6) is -0.783. The molecule has 1 fully saturated rings. The number of halogens is 2. The number of benzene rings is 1. The third-order valence-corrected chi connectivity index (χ3v) is 4.08. The molecule has 0 saturated heterocycles. The molecule has 20 heavy (non-hydrogen) atoms. The Labute approximate surface area is 121 Å². The summed E-state index contributed by atoms with van der Waals surface area (Å²) in [4.78, 5) is 11.2. The minimum absolute atomic E-state index is 0.222. The molecule has 0 unspecified atom stereocenters. The molecule has 0 spiro atoms. The number of carboxylic acids is 1. The van der Waals surface area contributed by atoms with Crippen molar-refractivity contribution in [1.29, 1.82) is 0 Å². The van der Waals surface area contributed by atoms with E-state index in [4.69, 9.17) is 0 Å². The lowest BCUT2D eigenvalue weighted by Crippen LogP contribution is -2.22. The van der Waals surface area contributed by atoms with Gasteiger partial charge in [0.15, 0.2) is 5.82 Å². The number of nitrogens with zero attached hydrogens (tertiary/aromatic N) is 4. The maximum absolute atomic E-state index is 13.2. The van der Waals surface area contributed by atoms with Gasteiger partial charge in [-0.05, 0) is 57.4 Å². The van der Waals surface area contributed by atoms with E-state index in [0.29, 0.717) is 28.7 Å². The normalized spacial score (nSPS) is 16.1. The van der Waals surface area contributed by atoms with Crippen LogP contribution >= 0.6 is 15.9 Å². The lowest BCUT2D eigenvalue weighted by atomic mass is 10.1. The fraction of sp³-hybridized carbons (Fsp3) is 0.333. The Kier molecular flexibility index (Phi) is 3.04. The fourth-order valence-electron chi connectivity index (χ4n) is 2.03. The molecule has 104 valence electrons. The highest BCUT2D eigenvalue weighted by Crippen LogP contribution is 2.47. The Hall–Kier alpha value is -1.83. The number of aromatic nitrogens is 4. The van der Waals surface area contributed by atoms with E-state index >= 15 is 0 Å². The van der Waals surface area contributed by atoms with E-state index in [1.165, 1.54) is 10.7 Å². The van der Waals surface area contributed by atoms with Gasteiger partial charge in [0.25, 0.3) is 0 Å². The molecule has 1 aromatic heterocycles. The summed E-state index contributed by atoms with van der Waals surface area (Å²) in [6.45, 7) is 0.222. The van der Waals surface area contributed by atoms with Crippen LogP contribution in [0.5, 0.6) is 0 Å². The topological polar surface area (TPSA) is 80.9 Å². The predicted molar refractivity (Wildman–Crippen MR) is 70.2 cm³/mol. The van der Waals surface area contributed by atoms with Gasteiger partial charge in [0.2, 0.25) is 0 Å².